The summed E-state index contributed by atoms with van der Waals surface area (Å²) in [6.45, 7) is 2.90. The number of rotatable bonds is 10. The summed E-state index contributed by atoms with van der Waals surface area (Å²) < 4.78 is 18.0. The fourth-order valence-corrected chi connectivity index (χ4v) is 3.16. The zero-order valence-corrected chi connectivity index (χ0v) is 18.9. The zero-order chi connectivity index (χ0) is 23.6. The summed E-state index contributed by atoms with van der Waals surface area (Å²) in [5, 5.41) is 3.99. The van der Waals surface area contributed by atoms with Crippen LogP contribution in [0.5, 0.6) is 17.2 Å². The molecule has 3 rings (SSSR count). The molecule has 0 aliphatic carbocycles. The molecule has 2 aromatic carbocycles. The zero-order valence-electron chi connectivity index (χ0n) is 18.9. The molecule has 0 bridgehead atoms. The number of carbonyl (C=O) groups is 1. The van der Waals surface area contributed by atoms with E-state index in [-0.39, 0.29) is 5.56 Å². The lowest BCUT2D eigenvalue weighted by Crippen LogP contribution is -2.30. The van der Waals surface area contributed by atoms with Gasteiger partial charge in [-0.25, -0.2) is 5.43 Å². The molecule has 0 atom stereocenters. The Labute approximate surface area is 192 Å². The predicted octanol–water partition coefficient (Wildman–Crippen LogP) is 3.47. The van der Waals surface area contributed by atoms with E-state index in [1.165, 1.54) is 31.1 Å². The number of benzene rings is 2. The SMILES string of the molecule is CCCOc1c(OC)cc(/C=N\NC(=O)c2cccn(Cc3ccccc3)c2=O)cc1OC. The van der Waals surface area contributed by atoms with E-state index in [0.717, 1.165) is 12.0 Å². The number of carbonyl (C=O) groups excluding carboxylic acids is 1. The Morgan fingerprint density at radius 2 is 1.76 bits per heavy atom. The molecule has 8 nitrogen and oxygen atoms in total. The first kappa shape index (κ1) is 23.6. The van der Waals surface area contributed by atoms with E-state index in [2.05, 4.69) is 10.5 Å². The van der Waals surface area contributed by atoms with Crippen molar-refractivity contribution in [3.8, 4) is 17.2 Å². The van der Waals surface area contributed by atoms with Crippen LogP contribution in [-0.4, -0.2) is 37.5 Å². The first-order chi connectivity index (χ1) is 16.1. The number of amides is 1. The van der Waals surface area contributed by atoms with Gasteiger partial charge in [0.1, 0.15) is 5.56 Å². The van der Waals surface area contributed by atoms with Gasteiger partial charge >= 0.3 is 0 Å². The third-order valence-corrected chi connectivity index (χ3v) is 4.77. The van der Waals surface area contributed by atoms with Crippen molar-refractivity contribution in [3.05, 3.63) is 87.8 Å². The average molecular weight is 450 g/mol. The minimum absolute atomic E-state index is 0.00376. The van der Waals surface area contributed by atoms with Crippen LogP contribution in [0.4, 0.5) is 0 Å². The van der Waals surface area contributed by atoms with Crippen LogP contribution in [0.3, 0.4) is 0 Å². The molecule has 0 saturated carbocycles. The minimum Gasteiger partial charge on any atom is -0.493 e. The topological polar surface area (TPSA) is 91.1 Å². The second-order valence-corrected chi connectivity index (χ2v) is 7.14. The monoisotopic (exact) mass is 449 g/mol. The lowest BCUT2D eigenvalue weighted by atomic mass is 10.2. The normalized spacial score (nSPS) is 10.8. The highest BCUT2D eigenvalue weighted by Gasteiger charge is 2.14. The summed E-state index contributed by atoms with van der Waals surface area (Å²) in [7, 11) is 3.07. The van der Waals surface area contributed by atoms with Crippen molar-refractivity contribution >= 4 is 12.1 Å². The standard InChI is InChI=1S/C25H27N3O5/c1-4-13-33-23-21(31-2)14-19(15-22(23)32-3)16-26-27-24(29)20-11-8-12-28(25(20)30)17-18-9-6-5-7-10-18/h5-12,14-16H,4,13,17H2,1-3H3,(H,27,29)/b26-16-. The number of hydrogen-bond acceptors (Lipinski definition) is 6. The lowest BCUT2D eigenvalue weighted by molar-refractivity contribution is 0.0953. The average Bonchev–Trinajstić information content (AvgIpc) is 2.84. The molecule has 3 aromatic rings. The van der Waals surface area contributed by atoms with E-state index in [9.17, 15) is 9.59 Å². The van der Waals surface area contributed by atoms with Crippen molar-refractivity contribution in [2.75, 3.05) is 20.8 Å². The second-order valence-electron chi connectivity index (χ2n) is 7.14. The number of hydrogen-bond donors (Lipinski definition) is 1. The van der Waals surface area contributed by atoms with Gasteiger partial charge in [-0.15, -0.1) is 0 Å². The van der Waals surface area contributed by atoms with Gasteiger partial charge in [0, 0.05) is 11.8 Å². The molecule has 33 heavy (non-hydrogen) atoms. The van der Waals surface area contributed by atoms with E-state index >= 15 is 0 Å². The molecule has 0 unspecified atom stereocenters. The van der Waals surface area contributed by atoms with Crippen LogP contribution in [0.25, 0.3) is 0 Å². The molecule has 1 heterocycles. The van der Waals surface area contributed by atoms with E-state index in [1.807, 2.05) is 37.3 Å². The number of pyridine rings is 1. The molecular formula is C25H27N3O5. The van der Waals surface area contributed by atoms with Crippen LogP contribution in [0, 0.1) is 0 Å². The molecule has 0 aliphatic rings. The highest BCUT2D eigenvalue weighted by atomic mass is 16.5. The Bertz CT molecular complexity index is 1150. The molecule has 0 aliphatic heterocycles. The Kier molecular flexibility index (Phi) is 8.24. The maximum absolute atomic E-state index is 12.7. The number of hydrazone groups is 1. The van der Waals surface area contributed by atoms with E-state index in [4.69, 9.17) is 14.2 Å². The quantitative estimate of drug-likeness (QED) is 0.378. The molecule has 1 aromatic heterocycles. The fraction of sp³-hybridized carbons (Fsp3) is 0.240. The van der Waals surface area contributed by atoms with E-state index in [1.54, 1.807) is 24.4 Å². The van der Waals surface area contributed by atoms with Gasteiger partial charge < -0.3 is 18.8 Å². The van der Waals surface area contributed by atoms with Gasteiger partial charge in [-0.3, -0.25) is 9.59 Å². The molecule has 1 N–H and O–H groups in total. The molecule has 8 heteroatoms. The summed E-state index contributed by atoms with van der Waals surface area (Å²) in [4.78, 5) is 25.3. The Morgan fingerprint density at radius 1 is 1.06 bits per heavy atom. The maximum atomic E-state index is 12.7. The van der Waals surface area contributed by atoms with Crippen LogP contribution < -0.4 is 25.2 Å². The molecule has 0 radical (unpaired) electrons. The smallest absolute Gasteiger partial charge is 0.276 e. The van der Waals surface area contributed by atoms with Crippen LogP contribution >= 0.6 is 0 Å². The fourth-order valence-electron chi connectivity index (χ4n) is 3.16. The lowest BCUT2D eigenvalue weighted by Gasteiger charge is -2.14. The largest absolute Gasteiger partial charge is 0.493 e. The summed E-state index contributed by atoms with van der Waals surface area (Å²) in [6, 6.07) is 16.1. The van der Waals surface area contributed by atoms with Crippen molar-refractivity contribution in [3.63, 3.8) is 0 Å². The molecule has 0 fully saturated rings. The van der Waals surface area contributed by atoms with Crippen LogP contribution in [-0.2, 0) is 6.54 Å². The Hall–Kier alpha value is -4.07. The van der Waals surface area contributed by atoms with E-state index in [0.29, 0.717) is 36.0 Å². The Balaban J connectivity index is 1.75. The number of nitrogens with zero attached hydrogens (tertiary/aromatic N) is 2. The van der Waals surface area contributed by atoms with Crippen LogP contribution in [0.1, 0.15) is 34.8 Å². The summed E-state index contributed by atoms with van der Waals surface area (Å²) >= 11 is 0. The van der Waals surface area contributed by atoms with Crippen molar-refractivity contribution in [1.82, 2.24) is 9.99 Å². The van der Waals surface area contributed by atoms with Gasteiger partial charge in [-0.1, -0.05) is 37.3 Å². The molecule has 1 amide bonds. The summed E-state index contributed by atoms with van der Waals surface area (Å²) in [6.07, 6.45) is 3.93. The number of ether oxygens (including phenoxy) is 3. The molecule has 172 valence electrons. The van der Waals surface area contributed by atoms with Gasteiger partial charge in [0.05, 0.1) is 33.6 Å². The highest BCUT2D eigenvalue weighted by molar-refractivity contribution is 5.94. The Morgan fingerprint density at radius 3 is 2.39 bits per heavy atom. The van der Waals surface area contributed by atoms with Crippen LogP contribution in [0.15, 0.2) is 70.7 Å². The van der Waals surface area contributed by atoms with Crippen LogP contribution in [0.2, 0.25) is 0 Å². The van der Waals surface area contributed by atoms with E-state index < -0.39 is 11.5 Å². The number of methoxy groups -OCH3 is 2. The maximum Gasteiger partial charge on any atom is 0.276 e. The first-order valence-electron chi connectivity index (χ1n) is 10.5. The third kappa shape index (κ3) is 6.00. The first-order valence-corrected chi connectivity index (χ1v) is 10.5. The van der Waals surface area contributed by atoms with Gasteiger partial charge in [-0.05, 0) is 36.2 Å². The van der Waals surface area contributed by atoms with Gasteiger partial charge in [0.15, 0.2) is 11.5 Å². The molecular weight excluding hydrogens is 422 g/mol. The third-order valence-electron chi connectivity index (χ3n) is 4.77. The molecule has 0 saturated heterocycles. The van der Waals surface area contributed by atoms with Crippen molar-refractivity contribution in [1.29, 1.82) is 0 Å². The van der Waals surface area contributed by atoms with Crippen molar-refractivity contribution < 1.29 is 19.0 Å². The minimum atomic E-state index is -0.597. The predicted molar refractivity (Wildman–Crippen MR) is 127 cm³/mol. The second kappa shape index (κ2) is 11.5. The summed E-state index contributed by atoms with van der Waals surface area (Å²) in [5.74, 6) is 0.886. The van der Waals surface area contributed by atoms with Gasteiger partial charge in [-0.2, -0.15) is 5.10 Å². The molecule has 0 spiro atoms. The van der Waals surface area contributed by atoms with Gasteiger partial charge in [0.25, 0.3) is 11.5 Å². The summed E-state index contributed by atoms with van der Waals surface area (Å²) in [5.41, 5.74) is 3.61. The highest BCUT2D eigenvalue weighted by Crippen LogP contribution is 2.38. The van der Waals surface area contributed by atoms with Crippen molar-refractivity contribution in [2.45, 2.75) is 19.9 Å². The van der Waals surface area contributed by atoms with Crippen molar-refractivity contribution in [2.24, 2.45) is 5.10 Å². The number of nitrogens with one attached hydrogen (secondary N) is 1. The number of aromatic nitrogens is 1. The van der Waals surface area contributed by atoms with Gasteiger partial charge in [0.2, 0.25) is 5.75 Å².